The van der Waals surface area contributed by atoms with E-state index in [1.807, 2.05) is 32.0 Å². The van der Waals surface area contributed by atoms with Gasteiger partial charge in [-0.15, -0.1) is 11.3 Å². The third-order valence-electron chi connectivity index (χ3n) is 3.10. The maximum Gasteiger partial charge on any atom is 0.236 e. The van der Waals surface area contributed by atoms with Crippen LogP contribution in [0.15, 0.2) is 28.7 Å². The summed E-state index contributed by atoms with van der Waals surface area (Å²) < 4.78 is 0. The fourth-order valence-electron chi connectivity index (χ4n) is 2.17. The summed E-state index contributed by atoms with van der Waals surface area (Å²) in [5.41, 5.74) is 5.75. The van der Waals surface area contributed by atoms with E-state index < -0.39 is 0 Å². The largest absolute Gasteiger partial charge is 0.274 e. The number of aryl methyl sites for hydroxylation is 2. The molecule has 0 bridgehead atoms. The molecule has 0 atom stereocenters. The van der Waals surface area contributed by atoms with Crippen molar-refractivity contribution in [2.45, 2.75) is 27.7 Å². The third kappa shape index (κ3) is 4.01. The van der Waals surface area contributed by atoms with Crippen LogP contribution in [0.1, 0.15) is 30.7 Å². The molecule has 2 rings (SSSR count). The molecule has 2 aromatic rings. The number of nitrogens with one attached hydrogen (secondary N) is 1. The second kappa shape index (κ2) is 7.15. The van der Waals surface area contributed by atoms with Crippen molar-refractivity contribution >= 4 is 40.2 Å². The van der Waals surface area contributed by atoms with Crippen molar-refractivity contribution in [2.75, 3.05) is 4.90 Å². The topological polar surface area (TPSA) is 74.7 Å². The average Bonchev–Trinajstić information content (AvgIpc) is 2.90. The van der Waals surface area contributed by atoms with Gasteiger partial charge in [0.1, 0.15) is 0 Å². The quantitative estimate of drug-likeness (QED) is 0.692. The summed E-state index contributed by atoms with van der Waals surface area (Å²) in [6.07, 6.45) is 1.45. The normalized spacial score (nSPS) is 10.8. The molecular formula is C16H18N4O2S. The van der Waals surface area contributed by atoms with Gasteiger partial charge < -0.3 is 0 Å². The Labute approximate surface area is 138 Å². The Hall–Kier alpha value is -2.54. The predicted molar refractivity (Wildman–Crippen MR) is 92.3 cm³/mol. The molecular weight excluding hydrogens is 312 g/mol. The van der Waals surface area contributed by atoms with E-state index in [0.717, 1.165) is 16.8 Å². The molecule has 2 amide bonds. The number of nitrogens with zero attached hydrogens (tertiary/aromatic N) is 3. The molecule has 1 aromatic heterocycles. The van der Waals surface area contributed by atoms with E-state index in [-0.39, 0.29) is 11.8 Å². The van der Waals surface area contributed by atoms with Crippen LogP contribution in [0.4, 0.5) is 10.8 Å². The van der Waals surface area contributed by atoms with Crippen molar-refractivity contribution in [2.24, 2.45) is 5.10 Å². The highest BCUT2D eigenvalue weighted by Gasteiger charge is 2.21. The molecule has 23 heavy (non-hydrogen) atoms. The van der Waals surface area contributed by atoms with Crippen LogP contribution in [-0.4, -0.2) is 23.0 Å². The second-order valence-corrected chi connectivity index (χ2v) is 5.91. The smallest absolute Gasteiger partial charge is 0.236 e. The van der Waals surface area contributed by atoms with Gasteiger partial charge in [0.15, 0.2) is 5.13 Å². The Bertz CT molecular complexity index is 747. The second-order valence-electron chi connectivity index (χ2n) is 5.08. The highest BCUT2D eigenvalue weighted by Crippen LogP contribution is 2.33. The van der Waals surface area contributed by atoms with Gasteiger partial charge >= 0.3 is 0 Å². The molecule has 0 aliphatic heterocycles. The van der Waals surface area contributed by atoms with Crippen LogP contribution in [0.2, 0.25) is 0 Å². The summed E-state index contributed by atoms with van der Waals surface area (Å²) in [6, 6.07) is 5.88. The number of anilines is 2. The minimum atomic E-state index is -0.252. The van der Waals surface area contributed by atoms with Gasteiger partial charge in [-0.1, -0.05) is 18.2 Å². The summed E-state index contributed by atoms with van der Waals surface area (Å²) in [6.45, 7) is 6.82. The molecule has 0 fully saturated rings. The Balaban J connectivity index is 2.37. The molecule has 1 heterocycles. The summed E-state index contributed by atoms with van der Waals surface area (Å²) >= 11 is 1.35. The Morgan fingerprint density at radius 3 is 2.48 bits per heavy atom. The van der Waals surface area contributed by atoms with Crippen molar-refractivity contribution in [3.63, 3.8) is 0 Å². The van der Waals surface area contributed by atoms with Crippen molar-refractivity contribution in [3.8, 4) is 0 Å². The molecule has 0 saturated carbocycles. The summed E-state index contributed by atoms with van der Waals surface area (Å²) in [5.74, 6) is -0.361. The van der Waals surface area contributed by atoms with E-state index in [9.17, 15) is 9.59 Å². The molecule has 7 heteroatoms. The SMILES string of the molecule is CC(=O)N/N=C\c1csc(N(C(C)=O)c2c(C)cccc2C)n1. The Morgan fingerprint density at radius 2 is 1.91 bits per heavy atom. The number of rotatable bonds is 4. The number of carbonyl (C=O) groups excluding carboxylic acids is 2. The first-order valence-electron chi connectivity index (χ1n) is 7.02. The minimum absolute atomic E-state index is 0.109. The van der Waals surface area contributed by atoms with Crippen molar-refractivity contribution in [1.29, 1.82) is 0 Å². The standard InChI is InChI=1S/C16H18N4O2S/c1-10-6-5-7-11(2)15(10)20(13(4)22)16-18-14(9-23-16)8-17-19-12(3)21/h5-9H,1-4H3,(H,19,21)/b17-8-. The van der Waals surface area contributed by atoms with Crippen molar-refractivity contribution in [1.82, 2.24) is 10.4 Å². The number of aromatic nitrogens is 1. The zero-order valence-electron chi connectivity index (χ0n) is 13.5. The molecule has 1 aromatic carbocycles. The Morgan fingerprint density at radius 1 is 1.26 bits per heavy atom. The third-order valence-corrected chi connectivity index (χ3v) is 3.94. The Kier molecular flexibility index (Phi) is 5.23. The molecule has 0 radical (unpaired) electrons. The number of thiazole rings is 1. The van der Waals surface area contributed by atoms with Crippen LogP contribution in [0, 0.1) is 13.8 Å². The maximum absolute atomic E-state index is 12.2. The number of hydrogen-bond acceptors (Lipinski definition) is 5. The number of hydrogen-bond donors (Lipinski definition) is 1. The lowest BCUT2D eigenvalue weighted by atomic mass is 10.1. The van der Waals surface area contributed by atoms with Crippen molar-refractivity contribution < 1.29 is 9.59 Å². The fraction of sp³-hybridized carbons (Fsp3) is 0.250. The van der Waals surface area contributed by atoms with Gasteiger partial charge in [0.05, 0.1) is 17.6 Å². The highest BCUT2D eigenvalue weighted by atomic mass is 32.1. The molecule has 1 N–H and O–H groups in total. The number of benzene rings is 1. The minimum Gasteiger partial charge on any atom is -0.274 e. The summed E-state index contributed by atoms with van der Waals surface area (Å²) in [7, 11) is 0. The van der Waals surface area contributed by atoms with Crippen LogP contribution in [0.25, 0.3) is 0 Å². The highest BCUT2D eigenvalue weighted by molar-refractivity contribution is 7.14. The van der Waals surface area contributed by atoms with Gasteiger partial charge in [-0.3, -0.25) is 14.5 Å². The molecule has 6 nitrogen and oxygen atoms in total. The molecule has 0 spiro atoms. The fourth-order valence-corrected chi connectivity index (χ4v) is 3.00. The number of hydrazone groups is 1. The van der Waals surface area contributed by atoms with E-state index in [2.05, 4.69) is 15.5 Å². The van der Waals surface area contributed by atoms with Crippen LogP contribution >= 0.6 is 11.3 Å². The molecule has 120 valence electrons. The van der Waals surface area contributed by atoms with Crippen LogP contribution in [-0.2, 0) is 9.59 Å². The number of amides is 2. The lowest BCUT2D eigenvalue weighted by Gasteiger charge is -2.22. The lowest BCUT2D eigenvalue weighted by Crippen LogP contribution is -2.24. The van der Waals surface area contributed by atoms with Crippen LogP contribution in [0.5, 0.6) is 0 Å². The van der Waals surface area contributed by atoms with Gasteiger partial charge in [0.25, 0.3) is 0 Å². The van der Waals surface area contributed by atoms with E-state index in [1.54, 1.807) is 10.3 Å². The first-order chi connectivity index (χ1) is 10.9. The molecule has 0 aliphatic carbocycles. The van der Waals surface area contributed by atoms with E-state index in [0.29, 0.717) is 10.8 Å². The lowest BCUT2D eigenvalue weighted by molar-refractivity contribution is -0.119. The van der Waals surface area contributed by atoms with E-state index in [1.165, 1.54) is 31.4 Å². The number of carbonyl (C=O) groups is 2. The first-order valence-corrected chi connectivity index (χ1v) is 7.90. The van der Waals surface area contributed by atoms with Gasteiger partial charge in [-0.25, -0.2) is 10.4 Å². The monoisotopic (exact) mass is 330 g/mol. The van der Waals surface area contributed by atoms with E-state index >= 15 is 0 Å². The molecule has 0 saturated heterocycles. The zero-order valence-corrected chi connectivity index (χ0v) is 14.3. The molecule has 0 unspecified atom stereocenters. The van der Waals surface area contributed by atoms with E-state index in [4.69, 9.17) is 0 Å². The summed E-state index contributed by atoms with van der Waals surface area (Å²) in [5, 5.41) is 6.13. The van der Waals surface area contributed by atoms with Crippen LogP contribution < -0.4 is 10.3 Å². The average molecular weight is 330 g/mol. The molecule has 0 aliphatic rings. The first kappa shape index (κ1) is 16.8. The van der Waals surface area contributed by atoms with Crippen LogP contribution in [0.3, 0.4) is 0 Å². The summed E-state index contributed by atoms with van der Waals surface area (Å²) in [4.78, 5) is 29.0. The predicted octanol–water partition coefficient (Wildman–Crippen LogP) is 2.91. The zero-order chi connectivity index (χ0) is 17.0. The number of para-hydroxylation sites is 1. The van der Waals surface area contributed by atoms with Gasteiger partial charge in [-0.2, -0.15) is 5.10 Å². The van der Waals surface area contributed by atoms with Gasteiger partial charge in [0, 0.05) is 19.2 Å². The van der Waals surface area contributed by atoms with Gasteiger partial charge in [-0.05, 0) is 25.0 Å². The van der Waals surface area contributed by atoms with Crippen molar-refractivity contribution in [3.05, 3.63) is 40.4 Å². The maximum atomic E-state index is 12.2. The van der Waals surface area contributed by atoms with Gasteiger partial charge in [0.2, 0.25) is 11.8 Å².